The number of benzene rings is 1. The summed E-state index contributed by atoms with van der Waals surface area (Å²) < 4.78 is 5.82. The number of likely N-dealkylation sites (tertiary alicyclic amines) is 1. The second kappa shape index (κ2) is 12.7. The zero-order valence-corrected chi connectivity index (χ0v) is 20.7. The summed E-state index contributed by atoms with van der Waals surface area (Å²) in [5.74, 6) is -0.422. The Labute approximate surface area is 203 Å². The smallest absolute Gasteiger partial charge is 0.306 e. The zero-order chi connectivity index (χ0) is 24.5. The molecule has 2 aliphatic heterocycles. The number of carbonyl (C=O) groups is 3. The largest absolute Gasteiger partial charge is 0.455 e. The molecule has 1 saturated heterocycles. The van der Waals surface area contributed by atoms with Gasteiger partial charge in [0.2, 0.25) is 11.8 Å². The zero-order valence-electron chi connectivity index (χ0n) is 20.7. The lowest BCUT2D eigenvalue weighted by atomic mass is 9.95. The Morgan fingerprint density at radius 3 is 2.50 bits per heavy atom. The van der Waals surface area contributed by atoms with E-state index in [-0.39, 0.29) is 36.7 Å². The van der Waals surface area contributed by atoms with E-state index in [1.54, 1.807) is 11.9 Å². The molecule has 1 N–H and O–H groups in total. The number of likely N-dealkylation sites (N-methyl/N-ethyl adjacent to an activating group) is 1. The summed E-state index contributed by atoms with van der Waals surface area (Å²) in [5, 5.41) is 3.07. The average Bonchev–Trinajstić information content (AvgIpc) is 2.84. The van der Waals surface area contributed by atoms with Crippen LogP contribution in [0.2, 0.25) is 0 Å². The van der Waals surface area contributed by atoms with E-state index in [0.29, 0.717) is 25.3 Å². The Balaban J connectivity index is 1.68. The molecule has 0 radical (unpaired) electrons. The van der Waals surface area contributed by atoms with E-state index in [0.717, 1.165) is 31.5 Å². The number of amides is 2. The van der Waals surface area contributed by atoms with Crippen LogP contribution >= 0.6 is 0 Å². The summed E-state index contributed by atoms with van der Waals surface area (Å²) in [7, 11) is 3.86. The normalized spacial score (nSPS) is 26.8. The second-order valence-corrected chi connectivity index (χ2v) is 9.71. The molecule has 0 unspecified atom stereocenters. The molecule has 2 heterocycles. The fourth-order valence-corrected chi connectivity index (χ4v) is 4.65. The Morgan fingerprint density at radius 1 is 1.09 bits per heavy atom. The van der Waals surface area contributed by atoms with Crippen LogP contribution in [-0.2, 0) is 19.1 Å². The quantitative estimate of drug-likeness (QED) is 0.529. The average molecular weight is 470 g/mol. The number of esters is 1. The van der Waals surface area contributed by atoms with Crippen LogP contribution in [-0.4, -0.2) is 67.4 Å². The topological polar surface area (TPSA) is 79.0 Å². The predicted octanol–water partition coefficient (Wildman–Crippen LogP) is 3.32. The summed E-state index contributed by atoms with van der Waals surface area (Å²) in [6, 6.07) is 9.15. The van der Waals surface area contributed by atoms with Crippen molar-refractivity contribution in [2.45, 2.75) is 57.6 Å². The third-order valence-electron chi connectivity index (χ3n) is 7.09. The molecule has 1 aromatic rings. The van der Waals surface area contributed by atoms with E-state index >= 15 is 0 Å². The summed E-state index contributed by atoms with van der Waals surface area (Å²) in [4.78, 5) is 42.6. The first-order chi connectivity index (χ1) is 16.3. The number of carbonyl (C=O) groups excluding carboxylic acids is 3. The molecule has 0 aliphatic carbocycles. The van der Waals surface area contributed by atoms with Crippen molar-refractivity contribution in [3.8, 4) is 0 Å². The number of piperidine rings is 1. The highest BCUT2D eigenvalue weighted by molar-refractivity contribution is 5.86. The molecule has 2 amide bonds. The van der Waals surface area contributed by atoms with Gasteiger partial charge in [0.1, 0.15) is 6.10 Å². The van der Waals surface area contributed by atoms with Crippen LogP contribution in [0.5, 0.6) is 0 Å². The van der Waals surface area contributed by atoms with Crippen molar-refractivity contribution in [1.82, 2.24) is 15.1 Å². The standard InChI is InChI=1S/C27H39N3O4/c1-20-26(22-10-6-4-7-11-22)34-25(32)13-9-5-8-12-23(27(33)30(20)3)18-24(31)28-19-21-14-16-29(2)17-15-21/h4-8,10-11,20-21,23,26H,9,12-19H2,1-3H3,(H,28,31)/b8-5+/t20-,23-,26-/m0/s1. The van der Waals surface area contributed by atoms with Crippen LogP contribution in [0.15, 0.2) is 42.5 Å². The fourth-order valence-electron chi connectivity index (χ4n) is 4.65. The van der Waals surface area contributed by atoms with Gasteiger partial charge in [-0.2, -0.15) is 0 Å². The summed E-state index contributed by atoms with van der Waals surface area (Å²) >= 11 is 0. The Bertz CT molecular complexity index is 849. The second-order valence-electron chi connectivity index (χ2n) is 9.71. The van der Waals surface area contributed by atoms with E-state index in [4.69, 9.17) is 4.74 Å². The number of rotatable bonds is 5. The predicted molar refractivity (Wildman–Crippen MR) is 132 cm³/mol. The molecule has 1 fully saturated rings. The van der Waals surface area contributed by atoms with E-state index in [9.17, 15) is 14.4 Å². The van der Waals surface area contributed by atoms with Crippen molar-refractivity contribution in [3.05, 3.63) is 48.0 Å². The Morgan fingerprint density at radius 2 is 1.79 bits per heavy atom. The number of allylic oxidation sites excluding steroid dienone is 2. The lowest BCUT2D eigenvalue weighted by Crippen LogP contribution is -2.44. The molecular formula is C27H39N3O4. The SMILES string of the molecule is C[C@H]1[C@@H](c2ccccc2)OC(=O)CC/C=C/C[C@@H](CC(=O)NCC2CCN(C)CC2)C(=O)N1C. The number of hydrogen-bond acceptors (Lipinski definition) is 5. The van der Waals surface area contributed by atoms with E-state index in [2.05, 4.69) is 17.3 Å². The summed E-state index contributed by atoms with van der Waals surface area (Å²) in [5.41, 5.74) is 0.850. The molecule has 186 valence electrons. The summed E-state index contributed by atoms with van der Waals surface area (Å²) in [6.45, 7) is 4.67. The van der Waals surface area contributed by atoms with Gasteiger partial charge in [-0.3, -0.25) is 14.4 Å². The number of cyclic esters (lactones) is 1. The van der Waals surface area contributed by atoms with E-state index < -0.39 is 12.0 Å². The van der Waals surface area contributed by atoms with Gasteiger partial charge < -0.3 is 19.9 Å². The minimum absolute atomic E-state index is 0.0788. The van der Waals surface area contributed by atoms with Gasteiger partial charge in [0.05, 0.1) is 12.0 Å². The van der Waals surface area contributed by atoms with Gasteiger partial charge in [0.15, 0.2) is 0 Å². The number of hydrogen-bond donors (Lipinski definition) is 1. The van der Waals surface area contributed by atoms with Crippen molar-refractivity contribution in [2.24, 2.45) is 11.8 Å². The highest BCUT2D eigenvalue weighted by atomic mass is 16.5. The van der Waals surface area contributed by atoms with Crippen LogP contribution in [0, 0.1) is 11.8 Å². The first kappa shape index (κ1) is 25.9. The van der Waals surface area contributed by atoms with Gasteiger partial charge in [0, 0.05) is 26.4 Å². The van der Waals surface area contributed by atoms with Crippen molar-refractivity contribution >= 4 is 17.8 Å². The molecule has 34 heavy (non-hydrogen) atoms. The van der Waals surface area contributed by atoms with E-state index in [1.807, 2.05) is 49.4 Å². The maximum atomic E-state index is 13.5. The third-order valence-corrected chi connectivity index (χ3v) is 7.09. The van der Waals surface area contributed by atoms with Crippen molar-refractivity contribution < 1.29 is 19.1 Å². The minimum Gasteiger partial charge on any atom is -0.455 e. The highest BCUT2D eigenvalue weighted by Crippen LogP contribution is 2.28. The first-order valence-electron chi connectivity index (χ1n) is 12.5. The molecule has 0 aromatic heterocycles. The van der Waals surface area contributed by atoms with Crippen LogP contribution in [0.25, 0.3) is 0 Å². The Hall–Kier alpha value is -2.67. The van der Waals surface area contributed by atoms with Crippen LogP contribution in [0.1, 0.15) is 57.1 Å². The summed E-state index contributed by atoms with van der Waals surface area (Å²) in [6.07, 6.45) is 6.88. The molecule has 3 atom stereocenters. The van der Waals surface area contributed by atoms with Crippen molar-refractivity contribution in [3.63, 3.8) is 0 Å². The lowest BCUT2D eigenvalue weighted by molar-refractivity contribution is -0.156. The molecule has 0 saturated carbocycles. The number of ether oxygens (including phenoxy) is 1. The Kier molecular flexibility index (Phi) is 9.69. The molecule has 0 spiro atoms. The van der Waals surface area contributed by atoms with Gasteiger partial charge in [0.25, 0.3) is 0 Å². The molecule has 0 bridgehead atoms. The maximum absolute atomic E-state index is 13.5. The lowest BCUT2D eigenvalue weighted by Gasteiger charge is -2.34. The van der Waals surface area contributed by atoms with Gasteiger partial charge >= 0.3 is 5.97 Å². The highest BCUT2D eigenvalue weighted by Gasteiger charge is 2.33. The third kappa shape index (κ3) is 7.42. The molecule has 7 nitrogen and oxygen atoms in total. The molecule has 3 rings (SSSR count). The number of nitrogens with zero attached hydrogens (tertiary/aromatic N) is 2. The monoisotopic (exact) mass is 469 g/mol. The molecule has 1 aromatic carbocycles. The van der Waals surface area contributed by atoms with Crippen molar-refractivity contribution in [1.29, 1.82) is 0 Å². The first-order valence-corrected chi connectivity index (χ1v) is 12.5. The van der Waals surface area contributed by atoms with Gasteiger partial charge in [-0.1, -0.05) is 42.5 Å². The molecule has 7 heteroatoms. The van der Waals surface area contributed by atoms with Gasteiger partial charge in [-0.05, 0) is 64.2 Å². The molecular weight excluding hydrogens is 430 g/mol. The van der Waals surface area contributed by atoms with Crippen molar-refractivity contribution in [2.75, 3.05) is 33.7 Å². The van der Waals surface area contributed by atoms with E-state index in [1.165, 1.54) is 0 Å². The fraction of sp³-hybridized carbons (Fsp3) is 0.593. The maximum Gasteiger partial charge on any atom is 0.306 e. The number of nitrogens with one attached hydrogen (secondary N) is 1. The van der Waals surface area contributed by atoms with Gasteiger partial charge in [-0.15, -0.1) is 0 Å². The van der Waals surface area contributed by atoms with Crippen LogP contribution < -0.4 is 5.32 Å². The minimum atomic E-state index is -0.565. The van der Waals surface area contributed by atoms with Crippen LogP contribution in [0.3, 0.4) is 0 Å². The van der Waals surface area contributed by atoms with Crippen LogP contribution in [0.4, 0.5) is 0 Å². The molecule has 2 aliphatic rings. The van der Waals surface area contributed by atoms with Gasteiger partial charge in [-0.25, -0.2) is 0 Å².